The van der Waals surface area contributed by atoms with E-state index in [1.54, 1.807) is 6.92 Å². The lowest BCUT2D eigenvalue weighted by atomic mass is 10.1. The summed E-state index contributed by atoms with van der Waals surface area (Å²) < 4.78 is 10.1. The zero-order valence-electron chi connectivity index (χ0n) is 11.4. The fourth-order valence-electron chi connectivity index (χ4n) is 1.51. The van der Waals surface area contributed by atoms with Crippen molar-refractivity contribution in [2.75, 3.05) is 6.61 Å². The number of ketones is 1. The Labute approximate surface area is 115 Å². The van der Waals surface area contributed by atoms with E-state index < -0.39 is 17.0 Å². The number of benzene rings is 1. The van der Waals surface area contributed by atoms with Gasteiger partial charge in [-0.1, -0.05) is 0 Å². The molecular formula is C13H15NO6. The van der Waals surface area contributed by atoms with Gasteiger partial charge in [0, 0.05) is 12.1 Å². The van der Waals surface area contributed by atoms with Crippen molar-refractivity contribution in [3.05, 3.63) is 33.9 Å². The minimum atomic E-state index is -0.908. The van der Waals surface area contributed by atoms with Crippen molar-refractivity contribution in [3.8, 4) is 5.75 Å². The Kier molecular flexibility index (Phi) is 5.19. The summed E-state index contributed by atoms with van der Waals surface area (Å²) in [6.45, 7) is 4.62. The molecule has 0 saturated heterocycles. The van der Waals surface area contributed by atoms with Crippen molar-refractivity contribution in [1.29, 1.82) is 0 Å². The van der Waals surface area contributed by atoms with Gasteiger partial charge >= 0.3 is 5.97 Å². The molecule has 7 nitrogen and oxygen atoms in total. The van der Waals surface area contributed by atoms with Crippen LogP contribution in [0.4, 0.5) is 5.69 Å². The first-order valence-corrected chi connectivity index (χ1v) is 5.99. The highest BCUT2D eigenvalue weighted by Crippen LogP contribution is 2.25. The van der Waals surface area contributed by atoms with E-state index >= 15 is 0 Å². The van der Waals surface area contributed by atoms with Crippen LogP contribution in [0.1, 0.15) is 31.1 Å². The van der Waals surface area contributed by atoms with E-state index in [0.717, 1.165) is 6.07 Å². The van der Waals surface area contributed by atoms with Crippen LogP contribution in [0.15, 0.2) is 18.2 Å². The maximum Gasteiger partial charge on any atom is 0.347 e. The van der Waals surface area contributed by atoms with Gasteiger partial charge in [0.25, 0.3) is 5.69 Å². The molecule has 20 heavy (non-hydrogen) atoms. The normalized spacial score (nSPS) is 11.6. The quantitative estimate of drug-likeness (QED) is 0.343. The van der Waals surface area contributed by atoms with E-state index in [-0.39, 0.29) is 29.4 Å². The molecule has 7 heteroatoms. The Morgan fingerprint density at radius 3 is 2.55 bits per heavy atom. The van der Waals surface area contributed by atoms with Gasteiger partial charge in [0.1, 0.15) is 5.75 Å². The fourth-order valence-corrected chi connectivity index (χ4v) is 1.51. The van der Waals surface area contributed by atoms with Crippen molar-refractivity contribution in [1.82, 2.24) is 0 Å². The molecule has 0 aromatic heterocycles. The molecule has 0 aliphatic rings. The van der Waals surface area contributed by atoms with E-state index in [1.807, 2.05) is 0 Å². The first kappa shape index (κ1) is 15.6. The number of hydrogen-bond donors (Lipinski definition) is 0. The lowest BCUT2D eigenvalue weighted by Gasteiger charge is -2.15. The van der Waals surface area contributed by atoms with E-state index in [4.69, 9.17) is 9.47 Å². The highest BCUT2D eigenvalue weighted by molar-refractivity contribution is 5.97. The number of esters is 1. The van der Waals surface area contributed by atoms with E-state index in [1.165, 1.54) is 26.0 Å². The zero-order valence-corrected chi connectivity index (χ0v) is 11.4. The maximum absolute atomic E-state index is 11.5. The number of nitro benzene ring substituents is 1. The molecule has 1 unspecified atom stereocenters. The topological polar surface area (TPSA) is 95.7 Å². The second-order valence-corrected chi connectivity index (χ2v) is 4.01. The van der Waals surface area contributed by atoms with Crippen LogP contribution in [0.5, 0.6) is 5.75 Å². The fraction of sp³-hybridized carbons (Fsp3) is 0.385. The Balaban J connectivity index is 3.03. The largest absolute Gasteiger partial charge is 0.478 e. The molecule has 0 N–H and O–H groups in total. The minimum absolute atomic E-state index is 0.0512. The molecule has 0 radical (unpaired) electrons. The van der Waals surface area contributed by atoms with Crippen LogP contribution >= 0.6 is 0 Å². The monoisotopic (exact) mass is 281 g/mol. The van der Waals surface area contributed by atoms with Crippen molar-refractivity contribution >= 4 is 17.4 Å². The summed E-state index contributed by atoms with van der Waals surface area (Å²) in [5, 5.41) is 10.7. The number of rotatable bonds is 6. The van der Waals surface area contributed by atoms with Crippen LogP contribution in [-0.4, -0.2) is 29.4 Å². The lowest BCUT2D eigenvalue weighted by Crippen LogP contribution is -2.26. The number of ether oxygens (including phenoxy) is 2. The Morgan fingerprint density at radius 2 is 2.05 bits per heavy atom. The van der Waals surface area contributed by atoms with Gasteiger partial charge in [-0.05, 0) is 26.8 Å². The predicted octanol–water partition coefficient (Wildman–Crippen LogP) is 2.13. The molecule has 1 rings (SSSR count). The van der Waals surface area contributed by atoms with Crippen molar-refractivity contribution in [2.24, 2.45) is 0 Å². The molecule has 1 aromatic rings. The van der Waals surface area contributed by atoms with Gasteiger partial charge in [-0.25, -0.2) is 4.79 Å². The average molecular weight is 281 g/mol. The molecule has 108 valence electrons. The van der Waals surface area contributed by atoms with Gasteiger partial charge in [-0.3, -0.25) is 14.9 Å². The SMILES string of the molecule is CCOC(=O)C(C)Oc1ccc([N+](=O)[O-])cc1C(C)=O. The van der Waals surface area contributed by atoms with Gasteiger partial charge < -0.3 is 9.47 Å². The molecule has 1 atom stereocenters. The average Bonchev–Trinajstić information content (AvgIpc) is 2.38. The molecule has 0 bridgehead atoms. The molecule has 0 aliphatic heterocycles. The smallest absolute Gasteiger partial charge is 0.347 e. The Hall–Kier alpha value is -2.44. The van der Waals surface area contributed by atoms with Crippen LogP contribution in [0.25, 0.3) is 0 Å². The summed E-state index contributed by atoms with van der Waals surface area (Å²) in [5.41, 5.74) is -0.165. The van der Waals surface area contributed by atoms with E-state index in [0.29, 0.717) is 0 Å². The number of nitro groups is 1. The molecule has 0 spiro atoms. The summed E-state index contributed by atoms with van der Waals surface area (Å²) in [7, 11) is 0. The van der Waals surface area contributed by atoms with Gasteiger partial charge in [-0.15, -0.1) is 0 Å². The third-order valence-electron chi connectivity index (χ3n) is 2.48. The Bertz CT molecular complexity index is 540. The standard InChI is InChI=1S/C13H15NO6/c1-4-19-13(16)9(3)20-12-6-5-10(14(17)18)7-11(12)8(2)15/h5-7,9H,4H2,1-3H3. The van der Waals surface area contributed by atoms with Crippen LogP contribution < -0.4 is 4.74 Å². The first-order chi connectivity index (χ1) is 9.36. The molecule has 0 heterocycles. The molecule has 0 saturated carbocycles. The molecule has 0 amide bonds. The van der Waals surface area contributed by atoms with Gasteiger partial charge in [0.15, 0.2) is 11.9 Å². The second-order valence-electron chi connectivity index (χ2n) is 4.01. The highest BCUT2D eigenvalue weighted by Gasteiger charge is 2.20. The van der Waals surface area contributed by atoms with E-state index in [9.17, 15) is 19.7 Å². The number of carbonyl (C=O) groups is 2. The van der Waals surface area contributed by atoms with Crippen LogP contribution in [0, 0.1) is 10.1 Å². The van der Waals surface area contributed by atoms with Gasteiger partial charge in [0.2, 0.25) is 0 Å². The summed E-state index contributed by atoms with van der Waals surface area (Å²) in [4.78, 5) is 33.0. The lowest BCUT2D eigenvalue weighted by molar-refractivity contribution is -0.384. The molecule has 1 aromatic carbocycles. The highest BCUT2D eigenvalue weighted by atomic mass is 16.6. The predicted molar refractivity (Wildman–Crippen MR) is 69.8 cm³/mol. The molecular weight excluding hydrogens is 266 g/mol. The summed E-state index contributed by atoms with van der Waals surface area (Å²) >= 11 is 0. The number of Topliss-reactive ketones (excluding diaryl/α,β-unsaturated/α-hetero) is 1. The molecule has 0 fully saturated rings. The van der Waals surface area contributed by atoms with Gasteiger partial charge in [0.05, 0.1) is 17.1 Å². The van der Waals surface area contributed by atoms with Crippen molar-refractivity contribution in [2.45, 2.75) is 26.9 Å². The minimum Gasteiger partial charge on any atom is -0.478 e. The first-order valence-electron chi connectivity index (χ1n) is 5.99. The zero-order chi connectivity index (χ0) is 15.3. The maximum atomic E-state index is 11.5. The third-order valence-corrected chi connectivity index (χ3v) is 2.48. The van der Waals surface area contributed by atoms with Crippen LogP contribution in [0.2, 0.25) is 0 Å². The number of nitrogens with zero attached hydrogens (tertiary/aromatic N) is 1. The number of hydrogen-bond acceptors (Lipinski definition) is 6. The van der Waals surface area contributed by atoms with Crippen LogP contribution in [-0.2, 0) is 9.53 Å². The summed E-state index contributed by atoms with van der Waals surface area (Å²) in [5.74, 6) is -0.844. The number of carbonyl (C=O) groups excluding carboxylic acids is 2. The second kappa shape index (κ2) is 6.65. The third kappa shape index (κ3) is 3.78. The van der Waals surface area contributed by atoms with Crippen molar-refractivity contribution < 1.29 is 24.0 Å². The van der Waals surface area contributed by atoms with Gasteiger partial charge in [-0.2, -0.15) is 0 Å². The Morgan fingerprint density at radius 1 is 1.40 bits per heavy atom. The summed E-state index contributed by atoms with van der Waals surface area (Å²) in [6.07, 6.45) is -0.908. The molecule has 0 aliphatic carbocycles. The summed E-state index contributed by atoms with van der Waals surface area (Å²) in [6, 6.07) is 3.62. The van der Waals surface area contributed by atoms with Crippen LogP contribution in [0.3, 0.4) is 0 Å². The van der Waals surface area contributed by atoms with E-state index in [2.05, 4.69) is 0 Å². The number of non-ortho nitro benzene ring substituents is 1. The van der Waals surface area contributed by atoms with Crippen molar-refractivity contribution in [3.63, 3.8) is 0 Å².